The standard InChI is InChI=1S/C20H12F3N3O3/c21-20(22,23)13-3-6-17(29-15-4-1-12(11-24)2-5-15)16(9-13)19(28)26-14-7-8-25-18(27)10-14/h1-10H,(H2,25,26,27,28). The molecule has 0 saturated heterocycles. The molecule has 146 valence electrons. The summed E-state index contributed by atoms with van der Waals surface area (Å²) in [4.78, 5) is 26.3. The number of rotatable bonds is 4. The van der Waals surface area contributed by atoms with Crippen LogP contribution in [-0.2, 0) is 6.18 Å². The number of nitriles is 1. The minimum absolute atomic E-state index is 0.112. The molecular formula is C20H12F3N3O3. The van der Waals surface area contributed by atoms with Gasteiger partial charge in [-0.1, -0.05) is 0 Å². The third kappa shape index (κ3) is 4.81. The first-order valence-corrected chi connectivity index (χ1v) is 8.15. The number of H-pyrrole nitrogens is 1. The smallest absolute Gasteiger partial charge is 0.416 e. The molecule has 3 aromatic rings. The van der Waals surface area contributed by atoms with Crippen molar-refractivity contribution in [2.24, 2.45) is 0 Å². The maximum absolute atomic E-state index is 13.1. The maximum atomic E-state index is 13.1. The van der Waals surface area contributed by atoms with Gasteiger partial charge in [0.05, 0.1) is 22.8 Å². The number of aromatic nitrogens is 1. The first-order valence-electron chi connectivity index (χ1n) is 8.15. The van der Waals surface area contributed by atoms with Crippen molar-refractivity contribution in [2.75, 3.05) is 5.32 Å². The SMILES string of the molecule is N#Cc1ccc(Oc2ccc(C(F)(F)F)cc2C(=O)Nc2cc[nH]c(=O)c2)cc1. The van der Waals surface area contributed by atoms with Crippen molar-refractivity contribution in [1.82, 2.24) is 4.98 Å². The zero-order valence-corrected chi connectivity index (χ0v) is 14.6. The molecule has 1 aromatic heterocycles. The average Bonchev–Trinajstić information content (AvgIpc) is 2.68. The minimum Gasteiger partial charge on any atom is -0.457 e. The van der Waals surface area contributed by atoms with Gasteiger partial charge in [0.25, 0.3) is 5.91 Å². The van der Waals surface area contributed by atoms with E-state index in [4.69, 9.17) is 10.00 Å². The van der Waals surface area contributed by atoms with Gasteiger partial charge >= 0.3 is 6.18 Å². The molecule has 0 bridgehead atoms. The van der Waals surface area contributed by atoms with Gasteiger partial charge in [-0.25, -0.2) is 0 Å². The second-order valence-electron chi connectivity index (χ2n) is 5.84. The summed E-state index contributed by atoms with van der Waals surface area (Å²) in [6.45, 7) is 0. The van der Waals surface area contributed by atoms with E-state index in [2.05, 4.69) is 10.3 Å². The van der Waals surface area contributed by atoms with Crippen molar-refractivity contribution in [3.63, 3.8) is 0 Å². The highest BCUT2D eigenvalue weighted by Gasteiger charge is 2.32. The topological polar surface area (TPSA) is 95.0 Å². The molecule has 1 heterocycles. The Morgan fingerprint density at radius 3 is 2.41 bits per heavy atom. The molecule has 0 aliphatic rings. The van der Waals surface area contributed by atoms with Crippen LogP contribution in [0, 0.1) is 11.3 Å². The van der Waals surface area contributed by atoms with Crippen LogP contribution in [0.2, 0.25) is 0 Å². The fourth-order valence-corrected chi connectivity index (χ4v) is 2.42. The minimum atomic E-state index is -4.66. The highest BCUT2D eigenvalue weighted by Crippen LogP contribution is 2.34. The Hall–Kier alpha value is -4.06. The lowest BCUT2D eigenvalue weighted by Gasteiger charge is -2.14. The molecule has 0 atom stereocenters. The lowest BCUT2D eigenvalue weighted by Crippen LogP contribution is -2.16. The third-order valence-electron chi connectivity index (χ3n) is 3.80. The summed E-state index contributed by atoms with van der Waals surface area (Å²) in [6, 6.07) is 12.7. The van der Waals surface area contributed by atoms with Crippen molar-refractivity contribution in [3.8, 4) is 17.6 Å². The highest BCUT2D eigenvalue weighted by atomic mass is 19.4. The van der Waals surface area contributed by atoms with E-state index in [9.17, 15) is 22.8 Å². The van der Waals surface area contributed by atoms with Crippen LogP contribution in [0.3, 0.4) is 0 Å². The molecular weight excluding hydrogens is 387 g/mol. The number of amides is 1. The molecule has 0 saturated carbocycles. The molecule has 29 heavy (non-hydrogen) atoms. The summed E-state index contributed by atoms with van der Waals surface area (Å²) < 4.78 is 44.9. The van der Waals surface area contributed by atoms with E-state index in [1.165, 1.54) is 36.5 Å². The number of aromatic amines is 1. The van der Waals surface area contributed by atoms with Crippen LogP contribution in [0.4, 0.5) is 18.9 Å². The predicted octanol–water partition coefficient (Wildman–Crippen LogP) is 4.31. The fraction of sp³-hybridized carbons (Fsp3) is 0.0500. The van der Waals surface area contributed by atoms with Crippen molar-refractivity contribution in [3.05, 3.63) is 87.8 Å². The zero-order chi connectivity index (χ0) is 21.0. The third-order valence-corrected chi connectivity index (χ3v) is 3.80. The Bertz CT molecular complexity index is 1150. The Morgan fingerprint density at radius 2 is 1.79 bits per heavy atom. The number of anilines is 1. The summed E-state index contributed by atoms with van der Waals surface area (Å²) in [5.41, 5.74) is -1.40. The van der Waals surface area contributed by atoms with Crippen LogP contribution in [0.5, 0.6) is 11.5 Å². The van der Waals surface area contributed by atoms with Gasteiger partial charge < -0.3 is 15.0 Å². The lowest BCUT2D eigenvalue weighted by atomic mass is 10.1. The molecule has 0 radical (unpaired) electrons. The molecule has 9 heteroatoms. The number of nitrogens with zero attached hydrogens (tertiary/aromatic N) is 1. The predicted molar refractivity (Wildman–Crippen MR) is 97.7 cm³/mol. The zero-order valence-electron chi connectivity index (χ0n) is 14.6. The van der Waals surface area contributed by atoms with Crippen molar-refractivity contribution >= 4 is 11.6 Å². The van der Waals surface area contributed by atoms with Crippen LogP contribution in [0.1, 0.15) is 21.5 Å². The Labute approximate surface area is 162 Å². The van der Waals surface area contributed by atoms with Crippen LogP contribution < -0.4 is 15.6 Å². The van der Waals surface area contributed by atoms with Crippen LogP contribution >= 0.6 is 0 Å². The van der Waals surface area contributed by atoms with Crippen LogP contribution in [-0.4, -0.2) is 10.9 Å². The molecule has 2 aromatic carbocycles. The van der Waals surface area contributed by atoms with E-state index < -0.39 is 23.2 Å². The van der Waals surface area contributed by atoms with Gasteiger partial charge in [0.2, 0.25) is 5.56 Å². The van der Waals surface area contributed by atoms with Gasteiger partial charge in [-0.05, 0) is 48.5 Å². The van der Waals surface area contributed by atoms with Gasteiger partial charge in [-0.15, -0.1) is 0 Å². The number of carbonyl (C=O) groups is 1. The normalized spacial score (nSPS) is 10.8. The van der Waals surface area contributed by atoms with E-state index in [0.717, 1.165) is 18.2 Å². The van der Waals surface area contributed by atoms with E-state index in [1.807, 2.05) is 6.07 Å². The van der Waals surface area contributed by atoms with E-state index in [1.54, 1.807) is 0 Å². The molecule has 2 N–H and O–H groups in total. The number of benzene rings is 2. The summed E-state index contributed by atoms with van der Waals surface area (Å²) >= 11 is 0. The first kappa shape index (κ1) is 19.7. The summed E-state index contributed by atoms with van der Waals surface area (Å²) in [5.74, 6) is -0.774. The number of nitrogens with one attached hydrogen (secondary N) is 2. The van der Waals surface area contributed by atoms with Crippen LogP contribution in [0.25, 0.3) is 0 Å². The highest BCUT2D eigenvalue weighted by molar-refractivity contribution is 6.06. The van der Waals surface area contributed by atoms with E-state index in [0.29, 0.717) is 11.6 Å². The van der Waals surface area contributed by atoms with Crippen molar-refractivity contribution in [1.29, 1.82) is 5.26 Å². The Balaban J connectivity index is 1.97. The summed E-state index contributed by atoms with van der Waals surface area (Å²) in [7, 11) is 0. The molecule has 6 nitrogen and oxygen atoms in total. The molecule has 0 aliphatic heterocycles. The number of carbonyl (C=O) groups excluding carboxylic acids is 1. The van der Waals surface area contributed by atoms with E-state index in [-0.39, 0.29) is 22.7 Å². The quantitative estimate of drug-likeness (QED) is 0.684. The average molecular weight is 399 g/mol. The monoisotopic (exact) mass is 399 g/mol. The van der Waals surface area contributed by atoms with E-state index >= 15 is 0 Å². The summed E-state index contributed by atoms with van der Waals surface area (Å²) in [6.07, 6.45) is -3.37. The van der Waals surface area contributed by atoms with Gasteiger partial charge in [-0.3, -0.25) is 9.59 Å². The number of alkyl halides is 3. The van der Waals surface area contributed by atoms with Crippen molar-refractivity contribution in [2.45, 2.75) is 6.18 Å². The number of ether oxygens (including phenoxy) is 1. The Kier molecular flexibility index (Phi) is 5.36. The molecule has 0 fully saturated rings. The molecule has 0 unspecified atom stereocenters. The second kappa shape index (κ2) is 7.90. The lowest BCUT2D eigenvalue weighted by molar-refractivity contribution is -0.137. The van der Waals surface area contributed by atoms with Gasteiger partial charge in [0, 0.05) is 18.0 Å². The van der Waals surface area contributed by atoms with Crippen molar-refractivity contribution < 1.29 is 22.7 Å². The summed E-state index contributed by atoms with van der Waals surface area (Å²) in [5, 5.41) is 11.2. The maximum Gasteiger partial charge on any atom is 0.416 e. The van der Waals surface area contributed by atoms with Gasteiger partial charge in [0.1, 0.15) is 11.5 Å². The largest absolute Gasteiger partial charge is 0.457 e. The Morgan fingerprint density at radius 1 is 1.07 bits per heavy atom. The molecule has 0 spiro atoms. The number of halogens is 3. The van der Waals surface area contributed by atoms with Gasteiger partial charge in [0.15, 0.2) is 0 Å². The second-order valence-corrected chi connectivity index (χ2v) is 5.84. The number of pyridine rings is 1. The number of hydrogen-bond donors (Lipinski definition) is 2. The molecule has 3 rings (SSSR count). The van der Waals surface area contributed by atoms with Crippen LogP contribution in [0.15, 0.2) is 65.6 Å². The van der Waals surface area contributed by atoms with Gasteiger partial charge in [-0.2, -0.15) is 18.4 Å². The first-order chi connectivity index (χ1) is 13.8. The molecule has 1 amide bonds. The molecule has 0 aliphatic carbocycles. The number of hydrogen-bond acceptors (Lipinski definition) is 4. The fourth-order valence-electron chi connectivity index (χ4n) is 2.42.